The third-order valence-electron chi connectivity index (χ3n) is 4.89. The Hall–Kier alpha value is -1.95. The molecule has 2 rings (SSSR count). The highest BCUT2D eigenvalue weighted by atomic mass is 35.5. The minimum Gasteiger partial charge on any atom is -0.494 e. The maximum Gasteiger partial charge on any atom is 0.243 e. The number of carbonyl (C=O) groups excluding carboxylic acids is 2. The fourth-order valence-corrected chi connectivity index (χ4v) is 3.96. The average molecular weight is 514 g/mol. The zero-order valence-corrected chi connectivity index (χ0v) is 21.7. The van der Waals surface area contributed by atoms with E-state index in [2.05, 4.69) is 5.32 Å². The van der Waals surface area contributed by atoms with Gasteiger partial charge in [0.15, 0.2) is 0 Å². The Morgan fingerprint density at radius 2 is 1.64 bits per heavy atom. The molecule has 0 aliphatic carbocycles. The molecule has 8 heteroatoms. The zero-order valence-electron chi connectivity index (χ0n) is 19.5. The van der Waals surface area contributed by atoms with Gasteiger partial charge in [0, 0.05) is 39.1 Å². The number of benzene rings is 2. The summed E-state index contributed by atoms with van der Waals surface area (Å²) in [7, 11) is 0. The summed E-state index contributed by atoms with van der Waals surface area (Å²) in [4.78, 5) is 27.9. The molecule has 180 valence electrons. The molecule has 2 amide bonds. The van der Waals surface area contributed by atoms with Crippen LogP contribution >= 0.6 is 34.8 Å². The number of rotatable bonds is 10. The summed E-state index contributed by atoms with van der Waals surface area (Å²) < 4.78 is 5.70. The standard InChI is InChI=1S/C25H31Cl3N2O3/c1-5-22(24(32)29-25(2,3)4)30(16-19-20(27)8-6-9-21(19)28)23(31)10-7-15-33-18-13-11-17(26)12-14-18/h6,8-9,11-14,22H,5,7,10,15-16H2,1-4H3,(H,29,32). The van der Waals surface area contributed by atoms with E-state index in [0.717, 1.165) is 0 Å². The second kappa shape index (κ2) is 12.5. The van der Waals surface area contributed by atoms with Gasteiger partial charge in [0.2, 0.25) is 11.8 Å². The van der Waals surface area contributed by atoms with Crippen molar-refractivity contribution in [3.8, 4) is 5.75 Å². The Morgan fingerprint density at radius 3 is 2.18 bits per heavy atom. The Bertz CT molecular complexity index is 923. The van der Waals surface area contributed by atoms with Crippen LogP contribution in [0.25, 0.3) is 0 Å². The van der Waals surface area contributed by atoms with Gasteiger partial charge >= 0.3 is 0 Å². The number of carbonyl (C=O) groups is 2. The van der Waals surface area contributed by atoms with Crippen LogP contribution in [0.4, 0.5) is 0 Å². The first-order chi connectivity index (χ1) is 15.5. The quantitative estimate of drug-likeness (QED) is 0.368. The molecular formula is C25H31Cl3N2O3. The van der Waals surface area contributed by atoms with Crippen LogP contribution in [0.15, 0.2) is 42.5 Å². The van der Waals surface area contributed by atoms with E-state index in [9.17, 15) is 9.59 Å². The van der Waals surface area contributed by atoms with Crippen LogP contribution in [-0.2, 0) is 16.1 Å². The van der Waals surface area contributed by atoms with E-state index in [1.807, 2.05) is 27.7 Å². The van der Waals surface area contributed by atoms with Gasteiger partial charge in [-0.1, -0.05) is 47.8 Å². The van der Waals surface area contributed by atoms with Crippen LogP contribution < -0.4 is 10.1 Å². The predicted octanol–water partition coefficient (Wildman–Crippen LogP) is 6.53. The zero-order chi connectivity index (χ0) is 24.6. The van der Waals surface area contributed by atoms with Gasteiger partial charge in [-0.05, 0) is 70.0 Å². The average Bonchev–Trinajstić information content (AvgIpc) is 2.73. The highest BCUT2D eigenvalue weighted by molar-refractivity contribution is 6.36. The van der Waals surface area contributed by atoms with Crippen molar-refractivity contribution in [2.24, 2.45) is 0 Å². The van der Waals surface area contributed by atoms with Gasteiger partial charge in [-0.3, -0.25) is 9.59 Å². The molecule has 0 aromatic heterocycles. The third-order valence-corrected chi connectivity index (χ3v) is 5.85. The number of nitrogens with zero attached hydrogens (tertiary/aromatic N) is 1. The molecule has 0 aliphatic rings. The number of hydrogen-bond donors (Lipinski definition) is 1. The van der Waals surface area contributed by atoms with E-state index >= 15 is 0 Å². The van der Waals surface area contributed by atoms with Crippen LogP contribution in [0.3, 0.4) is 0 Å². The van der Waals surface area contributed by atoms with Crippen molar-refractivity contribution in [3.05, 3.63) is 63.1 Å². The molecule has 0 aliphatic heterocycles. The number of hydrogen-bond acceptors (Lipinski definition) is 3. The summed E-state index contributed by atoms with van der Waals surface area (Å²) in [6.45, 7) is 8.10. The van der Waals surface area contributed by atoms with E-state index in [1.54, 1.807) is 47.4 Å². The second-order valence-corrected chi connectivity index (χ2v) is 10.0. The molecule has 0 bridgehead atoms. The summed E-state index contributed by atoms with van der Waals surface area (Å²) in [5.74, 6) is 0.308. The molecule has 1 N–H and O–H groups in total. The summed E-state index contributed by atoms with van der Waals surface area (Å²) in [5, 5.41) is 4.52. The predicted molar refractivity (Wildman–Crippen MR) is 135 cm³/mol. The van der Waals surface area contributed by atoms with Crippen LogP contribution in [-0.4, -0.2) is 34.9 Å². The van der Waals surface area contributed by atoms with Crippen molar-refractivity contribution in [2.75, 3.05) is 6.61 Å². The lowest BCUT2D eigenvalue weighted by Gasteiger charge is -2.33. The van der Waals surface area contributed by atoms with Crippen LogP contribution in [0, 0.1) is 0 Å². The van der Waals surface area contributed by atoms with Crippen molar-refractivity contribution >= 4 is 46.6 Å². The van der Waals surface area contributed by atoms with Crippen LogP contribution in [0.1, 0.15) is 52.5 Å². The van der Waals surface area contributed by atoms with E-state index in [0.29, 0.717) is 45.8 Å². The molecule has 0 radical (unpaired) electrons. The van der Waals surface area contributed by atoms with Gasteiger partial charge in [-0.2, -0.15) is 0 Å². The summed E-state index contributed by atoms with van der Waals surface area (Å²) in [5.41, 5.74) is 0.196. The minimum atomic E-state index is -0.652. The molecule has 2 aromatic rings. The van der Waals surface area contributed by atoms with Crippen LogP contribution in [0.2, 0.25) is 15.1 Å². The lowest BCUT2D eigenvalue weighted by atomic mass is 10.0. The van der Waals surface area contributed by atoms with Crippen molar-refractivity contribution < 1.29 is 14.3 Å². The number of halogens is 3. The lowest BCUT2D eigenvalue weighted by molar-refractivity contribution is -0.142. The molecular weight excluding hydrogens is 483 g/mol. The molecule has 5 nitrogen and oxygen atoms in total. The fraction of sp³-hybridized carbons (Fsp3) is 0.440. The second-order valence-electron chi connectivity index (χ2n) is 8.79. The molecule has 1 atom stereocenters. The summed E-state index contributed by atoms with van der Waals surface area (Å²) in [6.07, 6.45) is 1.16. The third kappa shape index (κ3) is 8.73. The number of ether oxygens (including phenoxy) is 1. The minimum absolute atomic E-state index is 0.144. The first-order valence-electron chi connectivity index (χ1n) is 10.9. The monoisotopic (exact) mass is 512 g/mol. The molecule has 0 saturated carbocycles. The Kier molecular flexibility index (Phi) is 10.3. The van der Waals surface area contributed by atoms with E-state index in [1.165, 1.54) is 0 Å². The first kappa shape index (κ1) is 27.3. The molecule has 0 fully saturated rings. The highest BCUT2D eigenvalue weighted by Gasteiger charge is 2.31. The van der Waals surface area contributed by atoms with Gasteiger partial charge < -0.3 is 15.0 Å². The van der Waals surface area contributed by atoms with E-state index in [-0.39, 0.29) is 24.8 Å². The summed E-state index contributed by atoms with van der Waals surface area (Å²) >= 11 is 18.6. The molecule has 0 spiro atoms. The maximum absolute atomic E-state index is 13.3. The lowest BCUT2D eigenvalue weighted by Crippen LogP contribution is -2.53. The molecule has 1 unspecified atom stereocenters. The van der Waals surface area contributed by atoms with Gasteiger partial charge in [0.1, 0.15) is 11.8 Å². The Balaban J connectivity index is 2.14. The van der Waals surface area contributed by atoms with Crippen molar-refractivity contribution in [1.82, 2.24) is 10.2 Å². The van der Waals surface area contributed by atoms with E-state index in [4.69, 9.17) is 39.5 Å². The number of amides is 2. The van der Waals surface area contributed by atoms with Gasteiger partial charge in [0.05, 0.1) is 6.61 Å². The molecule has 0 saturated heterocycles. The number of nitrogens with one attached hydrogen (secondary N) is 1. The molecule has 2 aromatic carbocycles. The van der Waals surface area contributed by atoms with Crippen molar-refractivity contribution in [2.45, 2.75) is 65.1 Å². The Morgan fingerprint density at radius 1 is 1.03 bits per heavy atom. The van der Waals surface area contributed by atoms with Crippen LogP contribution in [0.5, 0.6) is 5.75 Å². The summed E-state index contributed by atoms with van der Waals surface area (Å²) in [6, 6.07) is 11.6. The Labute approximate surface area is 211 Å². The van der Waals surface area contributed by atoms with Crippen molar-refractivity contribution in [3.63, 3.8) is 0 Å². The first-order valence-corrected chi connectivity index (χ1v) is 12.1. The SMILES string of the molecule is CCC(C(=O)NC(C)(C)C)N(Cc1c(Cl)cccc1Cl)C(=O)CCCOc1ccc(Cl)cc1. The molecule has 33 heavy (non-hydrogen) atoms. The smallest absolute Gasteiger partial charge is 0.243 e. The van der Waals surface area contributed by atoms with Gasteiger partial charge in [0.25, 0.3) is 0 Å². The fourth-order valence-electron chi connectivity index (χ4n) is 3.31. The maximum atomic E-state index is 13.3. The van der Waals surface area contributed by atoms with Gasteiger partial charge in [-0.25, -0.2) is 0 Å². The largest absolute Gasteiger partial charge is 0.494 e. The van der Waals surface area contributed by atoms with E-state index < -0.39 is 11.6 Å². The topological polar surface area (TPSA) is 58.6 Å². The van der Waals surface area contributed by atoms with Crippen molar-refractivity contribution in [1.29, 1.82) is 0 Å². The molecule has 0 heterocycles. The van der Waals surface area contributed by atoms with Gasteiger partial charge in [-0.15, -0.1) is 0 Å². The highest BCUT2D eigenvalue weighted by Crippen LogP contribution is 2.27. The normalized spacial score (nSPS) is 12.2.